The van der Waals surface area contributed by atoms with Crippen LogP contribution in [0.2, 0.25) is 0 Å². The Morgan fingerprint density at radius 1 is 1.28 bits per heavy atom. The van der Waals surface area contributed by atoms with Crippen molar-refractivity contribution >= 4 is 23.8 Å². The van der Waals surface area contributed by atoms with Gasteiger partial charge in [0, 0.05) is 12.1 Å². The van der Waals surface area contributed by atoms with Crippen molar-refractivity contribution < 1.29 is 14.3 Å². The van der Waals surface area contributed by atoms with Crippen molar-refractivity contribution in [1.29, 1.82) is 0 Å². The first-order chi connectivity index (χ1) is 12.1. The molecule has 3 aromatic rings. The molecule has 25 heavy (non-hydrogen) atoms. The third-order valence-corrected chi connectivity index (χ3v) is 4.35. The number of imidazole rings is 1. The second kappa shape index (κ2) is 6.05. The molecule has 6 heteroatoms. The van der Waals surface area contributed by atoms with Crippen LogP contribution in [0.5, 0.6) is 5.75 Å². The van der Waals surface area contributed by atoms with E-state index in [2.05, 4.69) is 10.3 Å². The van der Waals surface area contributed by atoms with E-state index in [0.29, 0.717) is 18.0 Å². The number of anilines is 1. The summed E-state index contributed by atoms with van der Waals surface area (Å²) in [6.45, 7) is 2.42. The molecule has 1 amide bonds. The zero-order chi connectivity index (χ0) is 17.4. The van der Waals surface area contributed by atoms with Gasteiger partial charge >= 0.3 is 0 Å². The number of carbonyl (C=O) groups is 2. The van der Waals surface area contributed by atoms with E-state index in [4.69, 9.17) is 4.74 Å². The number of aromatic nitrogens is 2. The zero-order valence-corrected chi connectivity index (χ0v) is 13.7. The molecule has 2 aromatic heterocycles. The van der Waals surface area contributed by atoms with E-state index in [1.807, 2.05) is 41.8 Å². The second-order valence-electron chi connectivity index (χ2n) is 6.26. The van der Waals surface area contributed by atoms with E-state index in [-0.39, 0.29) is 11.8 Å². The summed E-state index contributed by atoms with van der Waals surface area (Å²) in [5.74, 6) is 1.24. The Bertz CT molecular complexity index is 973. The van der Waals surface area contributed by atoms with Crippen molar-refractivity contribution in [3.8, 4) is 16.9 Å². The number of benzene rings is 1. The molecule has 1 N–H and O–H groups in total. The molecule has 0 spiro atoms. The molecule has 0 saturated heterocycles. The lowest BCUT2D eigenvalue weighted by Gasteiger charge is -2.08. The van der Waals surface area contributed by atoms with Gasteiger partial charge in [-0.3, -0.25) is 9.59 Å². The summed E-state index contributed by atoms with van der Waals surface area (Å²) in [6, 6.07) is 9.36. The summed E-state index contributed by atoms with van der Waals surface area (Å²) in [5.41, 5.74) is 3.77. The first-order valence-electron chi connectivity index (χ1n) is 8.15. The number of nitrogens with one attached hydrogen (secondary N) is 1. The van der Waals surface area contributed by atoms with Crippen molar-refractivity contribution in [2.75, 3.05) is 5.32 Å². The standard InChI is InChI=1S/C19H17N3O3/c1-12-2-6-15(25-11-23)8-16(12)14-5-7-18-20-17(10-22(18)9-14)21-19(24)13-3-4-13/h2,5-11,13H,3-4H2,1H3,(H,21,24). The van der Waals surface area contributed by atoms with Gasteiger partial charge in [0.1, 0.15) is 11.4 Å². The molecule has 2 heterocycles. The molecular formula is C19H17N3O3. The maximum Gasteiger partial charge on any atom is 0.298 e. The number of fused-ring (bicyclic) bond motifs is 1. The van der Waals surface area contributed by atoms with Gasteiger partial charge in [0.15, 0.2) is 5.82 Å². The normalized spacial score (nSPS) is 13.6. The number of pyridine rings is 1. The van der Waals surface area contributed by atoms with Crippen LogP contribution < -0.4 is 10.1 Å². The average molecular weight is 335 g/mol. The van der Waals surface area contributed by atoms with Crippen LogP contribution in [0, 0.1) is 12.8 Å². The number of ether oxygens (including phenoxy) is 1. The Hall–Kier alpha value is -3.15. The first-order valence-corrected chi connectivity index (χ1v) is 8.15. The minimum Gasteiger partial charge on any atom is -0.429 e. The molecule has 1 fully saturated rings. The lowest BCUT2D eigenvalue weighted by molar-refractivity contribution is -0.120. The lowest BCUT2D eigenvalue weighted by Crippen LogP contribution is -2.13. The molecule has 0 aliphatic heterocycles. The Balaban J connectivity index is 1.67. The van der Waals surface area contributed by atoms with Crippen molar-refractivity contribution in [3.63, 3.8) is 0 Å². The second-order valence-corrected chi connectivity index (χ2v) is 6.26. The average Bonchev–Trinajstić information content (AvgIpc) is 3.37. The Morgan fingerprint density at radius 3 is 2.88 bits per heavy atom. The quantitative estimate of drug-likeness (QED) is 0.727. The Kier molecular flexibility index (Phi) is 3.72. The van der Waals surface area contributed by atoms with Crippen LogP contribution in [0.15, 0.2) is 42.7 Å². The number of nitrogens with zero attached hydrogens (tertiary/aromatic N) is 2. The maximum atomic E-state index is 11.9. The zero-order valence-electron chi connectivity index (χ0n) is 13.7. The van der Waals surface area contributed by atoms with Gasteiger partial charge in [0.2, 0.25) is 5.91 Å². The summed E-state index contributed by atoms with van der Waals surface area (Å²) in [6.07, 6.45) is 5.67. The monoisotopic (exact) mass is 335 g/mol. The van der Waals surface area contributed by atoms with Crippen LogP contribution in [-0.2, 0) is 9.59 Å². The first kappa shape index (κ1) is 15.4. The van der Waals surface area contributed by atoms with E-state index in [1.165, 1.54) is 0 Å². The van der Waals surface area contributed by atoms with Gasteiger partial charge < -0.3 is 14.5 Å². The molecule has 1 aliphatic carbocycles. The van der Waals surface area contributed by atoms with Crippen LogP contribution in [0.3, 0.4) is 0 Å². The fraction of sp³-hybridized carbons (Fsp3) is 0.211. The summed E-state index contributed by atoms with van der Waals surface area (Å²) in [4.78, 5) is 26.9. The van der Waals surface area contributed by atoms with Gasteiger partial charge in [-0.05, 0) is 60.7 Å². The molecule has 6 nitrogen and oxygen atoms in total. The number of aryl methyl sites for hydroxylation is 1. The smallest absolute Gasteiger partial charge is 0.298 e. The predicted octanol–water partition coefficient (Wildman–Crippen LogP) is 3.19. The highest BCUT2D eigenvalue weighted by molar-refractivity contribution is 5.93. The SMILES string of the molecule is Cc1ccc(OC=O)cc1-c1ccc2nc(NC(=O)C3CC3)cn2c1. The predicted molar refractivity (Wildman–Crippen MR) is 93.4 cm³/mol. The molecule has 0 radical (unpaired) electrons. The van der Waals surface area contributed by atoms with Crippen molar-refractivity contribution in [2.45, 2.75) is 19.8 Å². The minimum atomic E-state index is 0.0400. The highest BCUT2D eigenvalue weighted by atomic mass is 16.5. The number of hydrogen-bond acceptors (Lipinski definition) is 4. The fourth-order valence-corrected chi connectivity index (χ4v) is 2.83. The molecule has 0 atom stereocenters. The molecule has 1 aliphatic rings. The minimum absolute atomic E-state index is 0.0400. The van der Waals surface area contributed by atoms with Gasteiger partial charge in [-0.25, -0.2) is 4.98 Å². The van der Waals surface area contributed by atoms with E-state index >= 15 is 0 Å². The number of carbonyl (C=O) groups excluding carboxylic acids is 2. The van der Waals surface area contributed by atoms with Crippen LogP contribution in [0.25, 0.3) is 16.8 Å². The molecule has 0 bridgehead atoms. The highest BCUT2D eigenvalue weighted by Crippen LogP contribution is 2.31. The van der Waals surface area contributed by atoms with E-state index in [0.717, 1.165) is 35.2 Å². The number of hydrogen-bond donors (Lipinski definition) is 1. The van der Waals surface area contributed by atoms with Gasteiger partial charge in [-0.2, -0.15) is 0 Å². The van der Waals surface area contributed by atoms with E-state index in [1.54, 1.807) is 12.3 Å². The van der Waals surface area contributed by atoms with E-state index in [9.17, 15) is 9.59 Å². The Labute approximate surface area is 144 Å². The third kappa shape index (κ3) is 3.10. The number of amides is 1. The van der Waals surface area contributed by atoms with Crippen molar-refractivity contribution in [1.82, 2.24) is 9.38 Å². The molecule has 1 aromatic carbocycles. The number of rotatable bonds is 5. The molecule has 4 rings (SSSR count). The maximum absolute atomic E-state index is 11.9. The molecule has 126 valence electrons. The fourth-order valence-electron chi connectivity index (χ4n) is 2.83. The third-order valence-electron chi connectivity index (χ3n) is 4.35. The van der Waals surface area contributed by atoms with Gasteiger partial charge in [-0.1, -0.05) is 6.07 Å². The lowest BCUT2D eigenvalue weighted by atomic mass is 10.0. The van der Waals surface area contributed by atoms with Gasteiger partial charge in [0.25, 0.3) is 6.47 Å². The van der Waals surface area contributed by atoms with Crippen LogP contribution in [0.1, 0.15) is 18.4 Å². The van der Waals surface area contributed by atoms with Crippen LogP contribution in [0.4, 0.5) is 5.82 Å². The summed E-state index contributed by atoms with van der Waals surface area (Å²) < 4.78 is 6.82. The van der Waals surface area contributed by atoms with E-state index < -0.39 is 0 Å². The molecule has 0 unspecified atom stereocenters. The summed E-state index contributed by atoms with van der Waals surface area (Å²) in [5, 5.41) is 2.86. The topological polar surface area (TPSA) is 72.7 Å². The van der Waals surface area contributed by atoms with Crippen LogP contribution in [-0.4, -0.2) is 21.8 Å². The summed E-state index contributed by atoms with van der Waals surface area (Å²) in [7, 11) is 0. The van der Waals surface area contributed by atoms with Crippen molar-refractivity contribution in [3.05, 3.63) is 48.3 Å². The van der Waals surface area contributed by atoms with Gasteiger partial charge in [0.05, 0.1) is 6.20 Å². The largest absolute Gasteiger partial charge is 0.429 e. The molecular weight excluding hydrogens is 318 g/mol. The van der Waals surface area contributed by atoms with Crippen LogP contribution >= 0.6 is 0 Å². The highest BCUT2D eigenvalue weighted by Gasteiger charge is 2.29. The molecule has 1 saturated carbocycles. The Morgan fingerprint density at radius 2 is 2.12 bits per heavy atom. The summed E-state index contributed by atoms with van der Waals surface area (Å²) >= 11 is 0. The van der Waals surface area contributed by atoms with Crippen molar-refractivity contribution in [2.24, 2.45) is 5.92 Å². The van der Waals surface area contributed by atoms with Gasteiger partial charge in [-0.15, -0.1) is 0 Å².